The van der Waals surface area contributed by atoms with Crippen molar-refractivity contribution >= 4 is 35.8 Å². The maximum absolute atomic E-state index is 4.33. The summed E-state index contributed by atoms with van der Waals surface area (Å²) >= 11 is 0. The van der Waals surface area contributed by atoms with E-state index in [1.807, 2.05) is 31.4 Å². The average molecular weight is 488 g/mol. The molecular weight excluding hydrogens is 451 g/mol. The largest absolute Gasteiger partial charge is 0.370 e. The number of piperidine rings is 1. The topological polar surface area (TPSA) is 64.6 Å². The number of hydrogen-bond acceptors (Lipinski definition) is 4. The number of nitrogens with zero attached hydrogens (tertiary/aromatic N) is 3. The minimum atomic E-state index is 0. The number of likely N-dealkylation sites (tertiary alicyclic amines) is 1. The number of nitrogens with one attached hydrogen (secondary N) is 3. The molecule has 0 amide bonds. The van der Waals surface area contributed by atoms with E-state index < -0.39 is 0 Å². The van der Waals surface area contributed by atoms with Gasteiger partial charge < -0.3 is 16.0 Å². The second-order valence-electron chi connectivity index (χ2n) is 6.87. The molecule has 0 bridgehead atoms. The van der Waals surface area contributed by atoms with Crippen molar-refractivity contribution < 1.29 is 0 Å². The molecule has 7 heteroatoms. The molecule has 1 atom stereocenters. The zero-order valence-corrected chi connectivity index (χ0v) is 19.2. The van der Waals surface area contributed by atoms with Crippen LogP contribution in [0.5, 0.6) is 0 Å². The maximum atomic E-state index is 4.33. The third-order valence-electron chi connectivity index (χ3n) is 5.00. The number of guanidine groups is 1. The first-order chi connectivity index (χ1) is 12.8. The van der Waals surface area contributed by atoms with Crippen LogP contribution in [-0.2, 0) is 0 Å². The first kappa shape index (κ1) is 23.9. The van der Waals surface area contributed by atoms with Gasteiger partial charge in [-0.2, -0.15) is 0 Å². The Morgan fingerprint density at radius 1 is 1.19 bits per heavy atom. The number of aromatic nitrogens is 1. The van der Waals surface area contributed by atoms with Gasteiger partial charge in [-0.05, 0) is 50.8 Å². The molecule has 27 heavy (non-hydrogen) atoms. The summed E-state index contributed by atoms with van der Waals surface area (Å²) in [6.07, 6.45) is 9.37. The van der Waals surface area contributed by atoms with Crippen molar-refractivity contribution in [3.63, 3.8) is 0 Å². The lowest BCUT2D eigenvalue weighted by Gasteiger charge is -2.35. The molecule has 1 aromatic heterocycles. The molecule has 1 aliphatic heterocycles. The highest BCUT2D eigenvalue weighted by Crippen LogP contribution is 2.18. The summed E-state index contributed by atoms with van der Waals surface area (Å²) in [4.78, 5) is 11.2. The molecule has 1 aliphatic rings. The van der Waals surface area contributed by atoms with Gasteiger partial charge in [-0.3, -0.25) is 9.89 Å². The van der Waals surface area contributed by atoms with Crippen molar-refractivity contribution in [3.8, 4) is 0 Å². The molecule has 154 valence electrons. The lowest BCUT2D eigenvalue weighted by Crippen LogP contribution is -2.46. The van der Waals surface area contributed by atoms with Gasteiger partial charge >= 0.3 is 0 Å². The van der Waals surface area contributed by atoms with Crippen LogP contribution >= 0.6 is 24.0 Å². The van der Waals surface area contributed by atoms with E-state index in [0.29, 0.717) is 0 Å². The highest BCUT2D eigenvalue weighted by atomic mass is 127. The van der Waals surface area contributed by atoms with E-state index >= 15 is 0 Å². The summed E-state index contributed by atoms with van der Waals surface area (Å²) in [5.74, 6) is 1.86. The molecule has 0 spiro atoms. The van der Waals surface area contributed by atoms with Gasteiger partial charge in [-0.1, -0.05) is 19.4 Å². The predicted molar refractivity (Wildman–Crippen MR) is 126 cm³/mol. The van der Waals surface area contributed by atoms with Gasteiger partial charge in [0.05, 0.1) is 0 Å². The van der Waals surface area contributed by atoms with Crippen molar-refractivity contribution in [2.24, 2.45) is 4.99 Å². The Bertz CT molecular complexity index is 510. The van der Waals surface area contributed by atoms with Crippen molar-refractivity contribution in [2.75, 3.05) is 45.1 Å². The molecule has 2 heterocycles. The third-order valence-corrected chi connectivity index (χ3v) is 5.00. The Morgan fingerprint density at radius 2 is 2.00 bits per heavy atom. The first-order valence-electron chi connectivity index (χ1n) is 10.2. The molecule has 0 aliphatic carbocycles. The Labute approximate surface area is 182 Å². The quantitative estimate of drug-likeness (QED) is 0.204. The number of hydrogen-bond donors (Lipinski definition) is 3. The fraction of sp³-hybridized carbons (Fsp3) is 0.700. The molecule has 1 fully saturated rings. The van der Waals surface area contributed by atoms with Crippen LogP contribution in [0.3, 0.4) is 0 Å². The van der Waals surface area contributed by atoms with E-state index in [1.54, 1.807) is 0 Å². The number of rotatable bonds is 10. The predicted octanol–water partition coefficient (Wildman–Crippen LogP) is 3.32. The van der Waals surface area contributed by atoms with Gasteiger partial charge in [0.25, 0.3) is 0 Å². The molecule has 1 saturated heterocycles. The van der Waals surface area contributed by atoms with Gasteiger partial charge in [0, 0.05) is 45.5 Å². The smallest absolute Gasteiger partial charge is 0.191 e. The second kappa shape index (κ2) is 14.9. The van der Waals surface area contributed by atoms with Gasteiger partial charge in [0.1, 0.15) is 5.82 Å². The molecular formula is C20H37IN6. The summed E-state index contributed by atoms with van der Waals surface area (Å²) in [6, 6.07) is 6.70. The Balaban J connectivity index is 0.00000364. The van der Waals surface area contributed by atoms with Crippen LogP contribution in [0, 0.1) is 0 Å². The summed E-state index contributed by atoms with van der Waals surface area (Å²) in [7, 11) is 1.84. The molecule has 6 nitrogen and oxygen atoms in total. The minimum Gasteiger partial charge on any atom is -0.370 e. The van der Waals surface area contributed by atoms with E-state index in [1.165, 1.54) is 32.2 Å². The number of anilines is 1. The molecule has 3 N–H and O–H groups in total. The molecule has 1 unspecified atom stereocenters. The van der Waals surface area contributed by atoms with Gasteiger partial charge in [0.15, 0.2) is 5.96 Å². The normalized spacial score (nSPS) is 17.9. The van der Waals surface area contributed by atoms with Crippen molar-refractivity contribution in [1.82, 2.24) is 20.5 Å². The van der Waals surface area contributed by atoms with E-state index in [-0.39, 0.29) is 24.0 Å². The summed E-state index contributed by atoms with van der Waals surface area (Å²) in [5.41, 5.74) is 0. The van der Waals surface area contributed by atoms with Crippen LogP contribution in [0.15, 0.2) is 29.4 Å². The summed E-state index contributed by atoms with van der Waals surface area (Å²) in [5, 5.41) is 10.2. The zero-order chi connectivity index (χ0) is 18.5. The van der Waals surface area contributed by atoms with Gasteiger partial charge in [0.2, 0.25) is 0 Å². The number of pyridine rings is 1. The number of unbranched alkanes of at least 4 members (excludes halogenated alkanes) is 1. The fourth-order valence-corrected chi connectivity index (χ4v) is 3.50. The molecule has 2 rings (SSSR count). The molecule has 0 saturated carbocycles. The first-order valence-corrected chi connectivity index (χ1v) is 10.2. The zero-order valence-electron chi connectivity index (χ0n) is 16.9. The number of halogens is 1. The monoisotopic (exact) mass is 488 g/mol. The van der Waals surface area contributed by atoms with E-state index in [9.17, 15) is 0 Å². The van der Waals surface area contributed by atoms with Gasteiger partial charge in [-0.15, -0.1) is 24.0 Å². The van der Waals surface area contributed by atoms with Crippen LogP contribution in [0.4, 0.5) is 5.82 Å². The summed E-state index contributed by atoms with van der Waals surface area (Å²) < 4.78 is 0. The minimum absolute atomic E-state index is 0. The highest BCUT2D eigenvalue weighted by molar-refractivity contribution is 14.0. The van der Waals surface area contributed by atoms with Crippen molar-refractivity contribution in [2.45, 2.75) is 51.5 Å². The van der Waals surface area contributed by atoms with Crippen LogP contribution in [0.1, 0.15) is 45.4 Å². The Hall–Kier alpha value is -1.09. The van der Waals surface area contributed by atoms with E-state index in [4.69, 9.17) is 0 Å². The number of aliphatic imine (C=N–C) groups is 1. The highest BCUT2D eigenvalue weighted by Gasteiger charge is 2.19. The lowest BCUT2D eigenvalue weighted by atomic mass is 10.0. The molecule has 0 radical (unpaired) electrons. The van der Waals surface area contributed by atoms with E-state index in [2.05, 4.69) is 37.8 Å². The second-order valence-corrected chi connectivity index (χ2v) is 6.87. The maximum Gasteiger partial charge on any atom is 0.191 e. The van der Waals surface area contributed by atoms with Crippen LogP contribution in [-0.4, -0.2) is 61.7 Å². The fourth-order valence-electron chi connectivity index (χ4n) is 3.50. The SMILES string of the molecule is CCC1CCCCN1CCNC(=NC)NCCCCNc1ccccn1.I. The van der Waals surface area contributed by atoms with Crippen LogP contribution in [0.2, 0.25) is 0 Å². The summed E-state index contributed by atoms with van der Waals surface area (Å²) in [6.45, 7) is 7.49. The van der Waals surface area contributed by atoms with Gasteiger partial charge in [-0.25, -0.2) is 4.98 Å². The molecule has 1 aromatic rings. The average Bonchev–Trinajstić information content (AvgIpc) is 2.70. The Kier molecular flexibility index (Phi) is 13.2. The van der Waals surface area contributed by atoms with Crippen LogP contribution < -0.4 is 16.0 Å². The van der Waals surface area contributed by atoms with E-state index in [0.717, 1.165) is 56.8 Å². The molecule has 0 aromatic carbocycles. The van der Waals surface area contributed by atoms with Crippen molar-refractivity contribution in [1.29, 1.82) is 0 Å². The van der Waals surface area contributed by atoms with Crippen LogP contribution in [0.25, 0.3) is 0 Å². The Morgan fingerprint density at radius 3 is 2.74 bits per heavy atom. The third kappa shape index (κ3) is 9.60. The van der Waals surface area contributed by atoms with Crippen molar-refractivity contribution in [3.05, 3.63) is 24.4 Å². The standard InChI is InChI=1S/C20H36N6.HI/c1-3-18-10-5-9-16-26(18)17-15-25-20(21-2)24-14-8-7-13-23-19-11-4-6-12-22-19;/h4,6,11-12,18H,3,5,7-10,13-17H2,1-2H3,(H,22,23)(H2,21,24,25);1H. The lowest BCUT2D eigenvalue weighted by molar-refractivity contribution is 0.147.